The standard InChI is InChI=1S/C7H9N5S/c1-8-6-5(10-13-11-6)7-9-3-4-12(7)2/h3-4H,1-2H3,(H,8,11). The Morgan fingerprint density at radius 2 is 2.31 bits per heavy atom. The summed E-state index contributed by atoms with van der Waals surface area (Å²) in [6, 6.07) is 0. The van der Waals surface area contributed by atoms with Gasteiger partial charge in [0.15, 0.2) is 17.3 Å². The van der Waals surface area contributed by atoms with Gasteiger partial charge in [0, 0.05) is 26.5 Å². The van der Waals surface area contributed by atoms with E-state index in [2.05, 4.69) is 19.0 Å². The van der Waals surface area contributed by atoms with Crippen molar-refractivity contribution in [3.8, 4) is 11.5 Å². The molecule has 0 aliphatic carbocycles. The second kappa shape index (κ2) is 3.14. The molecule has 2 aromatic rings. The molecular weight excluding hydrogens is 186 g/mol. The Balaban J connectivity index is 2.52. The number of hydrogen-bond donors (Lipinski definition) is 1. The van der Waals surface area contributed by atoms with Crippen LogP contribution in [0, 0.1) is 0 Å². The summed E-state index contributed by atoms with van der Waals surface area (Å²) in [5.74, 6) is 1.61. The number of anilines is 1. The highest BCUT2D eigenvalue weighted by atomic mass is 32.1. The van der Waals surface area contributed by atoms with Crippen LogP contribution in [0.5, 0.6) is 0 Å². The summed E-state index contributed by atoms with van der Waals surface area (Å²) in [6.07, 6.45) is 3.63. The quantitative estimate of drug-likeness (QED) is 0.776. The van der Waals surface area contributed by atoms with Crippen LogP contribution in [-0.4, -0.2) is 25.3 Å². The molecule has 6 heteroatoms. The minimum absolute atomic E-state index is 0.777. The molecule has 0 saturated carbocycles. The van der Waals surface area contributed by atoms with Crippen molar-refractivity contribution in [1.29, 1.82) is 0 Å². The molecule has 1 N–H and O–H groups in total. The van der Waals surface area contributed by atoms with Crippen molar-refractivity contribution in [2.75, 3.05) is 12.4 Å². The average Bonchev–Trinajstić information content (AvgIpc) is 2.71. The first-order chi connectivity index (χ1) is 6.33. The number of rotatable bonds is 2. The second-order valence-corrected chi connectivity index (χ2v) is 3.10. The Labute approximate surface area is 79.8 Å². The van der Waals surface area contributed by atoms with Crippen LogP contribution in [0.1, 0.15) is 0 Å². The Morgan fingerprint density at radius 1 is 1.46 bits per heavy atom. The van der Waals surface area contributed by atoms with Gasteiger partial charge in [-0.2, -0.15) is 8.75 Å². The summed E-state index contributed by atoms with van der Waals surface area (Å²) in [5.41, 5.74) is 0.806. The van der Waals surface area contributed by atoms with Gasteiger partial charge in [0.2, 0.25) is 0 Å². The largest absolute Gasteiger partial charge is 0.370 e. The van der Waals surface area contributed by atoms with E-state index in [1.807, 2.05) is 24.9 Å². The second-order valence-electron chi connectivity index (χ2n) is 2.57. The first-order valence-electron chi connectivity index (χ1n) is 3.81. The minimum Gasteiger partial charge on any atom is -0.370 e. The SMILES string of the molecule is CNc1nsnc1-c1nccn1C. The van der Waals surface area contributed by atoms with Crippen molar-refractivity contribution in [2.45, 2.75) is 0 Å². The predicted molar refractivity (Wildman–Crippen MR) is 51.7 cm³/mol. The van der Waals surface area contributed by atoms with E-state index in [1.165, 1.54) is 11.7 Å². The minimum atomic E-state index is 0.777. The summed E-state index contributed by atoms with van der Waals surface area (Å²) in [7, 11) is 3.75. The lowest BCUT2D eigenvalue weighted by atomic mass is 10.4. The van der Waals surface area contributed by atoms with Crippen LogP contribution in [0.15, 0.2) is 12.4 Å². The van der Waals surface area contributed by atoms with Crippen LogP contribution < -0.4 is 5.32 Å². The zero-order valence-electron chi connectivity index (χ0n) is 7.35. The lowest BCUT2D eigenvalue weighted by Crippen LogP contribution is -1.96. The molecule has 0 aromatic carbocycles. The van der Waals surface area contributed by atoms with Crippen molar-refractivity contribution in [1.82, 2.24) is 18.3 Å². The number of nitrogens with one attached hydrogen (secondary N) is 1. The molecule has 0 aliphatic rings. The van der Waals surface area contributed by atoms with Crippen LogP contribution in [0.3, 0.4) is 0 Å². The van der Waals surface area contributed by atoms with Gasteiger partial charge < -0.3 is 9.88 Å². The lowest BCUT2D eigenvalue weighted by molar-refractivity contribution is 0.921. The van der Waals surface area contributed by atoms with Crippen molar-refractivity contribution in [2.24, 2.45) is 7.05 Å². The van der Waals surface area contributed by atoms with Gasteiger partial charge in [0.05, 0.1) is 11.7 Å². The van der Waals surface area contributed by atoms with Gasteiger partial charge in [-0.05, 0) is 0 Å². The summed E-state index contributed by atoms with van der Waals surface area (Å²) < 4.78 is 10.2. The summed E-state index contributed by atoms with van der Waals surface area (Å²) in [4.78, 5) is 4.19. The van der Waals surface area contributed by atoms with Gasteiger partial charge >= 0.3 is 0 Å². The monoisotopic (exact) mass is 195 g/mol. The molecule has 2 rings (SSSR count). The molecule has 0 aliphatic heterocycles. The van der Waals surface area contributed by atoms with Crippen molar-refractivity contribution in [3.05, 3.63) is 12.4 Å². The third kappa shape index (κ3) is 1.29. The number of imidazole rings is 1. The Hall–Kier alpha value is -1.43. The fraction of sp³-hybridized carbons (Fsp3) is 0.286. The normalized spacial score (nSPS) is 10.3. The van der Waals surface area contributed by atoms with Crippen molar-refractivity contribution in [3.63, 3.8) is 0 Å². The molecule has 13 heavy (non-hydrogen) atoms. The molecule has 0 amide bonds. The first-order valence-corrected chi connectivity index (χ1v) is 4.54. The highest BCUT2D eigenvalue weighted by Gasteiger charge is 2.12. The maximum atomic E-state index is 4.19. The van der Waals surface area contributed by atoms with Gasteiger partial charge in [0.25, 0.3) is 0 Å². The molecule has 2 aromatic heterocycles. The molecule has 0 bridgehead atoms. The highest BCUT2D eigenvalue weighted by Crippen LogP contribution is 2.22. The van der Waals surface area contributed by atoms with Gasteiger partial charge in [-0.25, -0.2) is 4.98 Å². The average molecular weight is 195 g/mol. The zero-order chi connectivity index (χ0) is 9.26. The van der Waals surface area contributed by atoms with E-state index in [0.29, 0.717) is 0 Å². The Kier molecular flexibility index (Phi) is 1.97. The van der Waals surface area contributed by atoms with E-state index in [4.69, 9.17) is 0 Å². The molecule has 0 saturated heterocycles. The van der Waals surface area contributed by atoms with Crippen LogP contribution >= 0.6 is 11.7 Å². The maximum absolute atomic E-state index is 4.19. The molecular formula is C7H9N5S. The summed E-state index contributed by atoms with van der Waals surface area (Å²) in [5, 5.41) is 2.97. The number of aromatic nitrogens is 4. The molecule has 0 spiro atoms. The van der Waals surface area contributed by atoms with Crippen LogP contribution in [0.4, 0.5) is 5.82 Å². The molecule has 0 radical (unpaired) electrons. The lowest BCUT2D eigenvalue weighted by Gasteiger charge is -1.99. The number of hydrogen-bond acceptors (Lipinski definition) is 5. The molecule has 2 heterocycles. The van der Waals surface area contributed by atoms with Crippen LogP contribution in [0.25, 0.3) is 11.5 Å². The smallest absolute Gasteiger partial charge is 0.171 e. The van der Waals surface area contributed by atoms with Gasteiger partial charge in [-0.15, -0.1) is 0 Å². The van der Waals surface area contributed by atoms with E-state index >= 15 is 0 Å². The van der Waals surface area contributed by atoms with Crippen molar-refractivity contribution < 1.29 is 0 Å². The topological polar surface area (TPSA) is 55.6 Å². The fourth-order valence-corrected chi connectivity index (χ4v) is 1.64. The van der Waals surface area contributed by atoms with E-state index in [9.17, 15) is 0 Å². The molecule has 0 unspecified atom stereocenters. The Bertz CT molecular complexity index is 404. The van der Waals surface area contributed by atoms with E-state index < -0.39 is 0 Å². The van der Waals surface area contributed by atoms with E-state index in [0.717, 1.165) is 17.3 Å². The van der Waals surface area contributed by atoms with Crippen LogP contribution in [0.2, 0.25) is 0 Å². The van der Waals surface area contributed by atoms with Gasteiger partial charge in [-0.3, -0.25) is 0 Å². The van der Waals surface area contributed by atoms with Gasteiger partial charge in [-0.1, -0.05) is 0 Å². The van der Waals surface area contributed by atoms with Crippen LogP contribution in [-0.2, 0) is 7.05 Å². The number of nitrogens with zero attached hydrogens (tertiary/aromatic N) is 4. The Morgan fingerprint density at radius 3 is 2.92 bits per heavy atom. The molecule has 68 valence electrons. The van der Waals surface area contributed by atoms with E-state index in [-0.39, 0.29) is 0 Å². The van der Waals surface area contributed by atoms with Gasteiger partial charge in [0.1, 0.15) is 0 Å². The number of aryl methyl sites for hydroxylation is 1. The molecule has 0 atom stereocenters. The molecule has 5 nitrogen and oxygen atoms in total. The van der Waals surface area contributed by atoms with E-state index in [1.54, 1.807) is 6.20 Å². The highest BCUT2D eigenvalue weighted by molar-refractivity contribution is 6.99. The van der Waals surface area contributed by atoms with Crippen molar-refractivity contribution >= 4 is 17.5 Å². The third-order valence-electron chi connectivity index (χ3n) is 1.76. The summed E-state index contributed by atoms with van der Waals surface area (Å²) >= 11 is 1.18. The maximum Gasteiger partial charge on any atom is 0.171 e. The predicted octanol–water partition coefficient (Wildman–Crippen LogP) is 0.980. The third-order valence-corrected chi connectivity index (χ3v) is 2.29. The first kappa shape index (κ1) is 8.18. The zero-order valence-corrected chi connectivity index (χ0v) is 8.17. The molecule has 0 fully saturated rings. The fourth-order valence-electron chi connectivity index (χ4n) is 1.09. The summed E-state index contributed by atoms with van der Waals surface area (Å²) in [6.45, 7) is 0.